The van der Waals surface area contributed by atoms with Gasteiger partial charge < -0.3 is 6.15 Å². The van der Waals surface area contributed by atoms with E-state index in [4.69, 9.17) is 0 Å². The number of hydrogen-bond acceptors (Lipinski definition) is 1. The second-order valence-corrected chi connectivity index (χ2v) is 3.25. The van der Waals surface area contributed by atoms with E-state index in [0.717, 1.165) is 6.42 Å². The highest BCUT2D eigenvalue weighted by Gasteiger charge is 1.97. The molecule has 0 atom stereocenters. The van der Waals surface area contributed by atoms with E-state index < -0.39 is 0 Å². The maximum absolute atomic E-state index is 2.30. The average Bonchev–Trinajstić information content (AvgIpc) is 2.05. The average molecular weight is 202 g/mol. The molecule has 0 saturated carbocycles. The van der Waals surface area contributed by atoms with Gasteiger partial charge in [-0.1, -0.05) is 45.0 Å². The van der Waals surface area contributed by atoms with Crippen molar-refractivity contribution in [2.45, 2.75) is 33.1 Å². The lowest BCUT2D eigenvalue weighted by atomic mass is 10.0. The van der Waals surface area contributed by atoms with Gasteiger partial charge in [0.05, 0.1) is 0 Å². The van der Waals surface area contributed by atoms with Gasteiger partial charge in [-0.2, -0.15) is 0 Å². The van der Waals surface area contributed by atoms with E-state index in [1.54, 1.807) is 0 Å². The van der Waals surface area contributed by atoms with Crippen LogP contribution in [-0.2, 0) is 6.42 Å². The van der Waals surface area contributed by atoms with Crippen molar-refractivity contribution in [3.05, 3.63) is 35.4 Å². The third-order valence-electron chi connectivity index (χ3n) is 2.03. The molecule has 0 unspecified atom stereocenters. The lowest BCUT2D eigenvalue weighted by molar-refractivity contribution is 0.862. The first-order valence-electron chi connectivity index (χ1n) is 4.33. The molecule has 0 bridgehead atoms. The zero-order valence-corrected chi connectivity index (χ0v) is 9.53. The summed E-state index contributed by atoms with van der Waals surface area (Å²) in [6, 6.07) is 8.83. The van der Waals surface area contributed by atoms with Crippen LogP contribution in [0.3, 0.4) is 0 Å². The highest BCUT2D eigenvalue weighted by Crippen LogP contribution is 2.15. The van der Waals surface area contributed by atoms with Crippen molar-refractivity contribution in [2.24, 2.45) is 0 Å². The molecule has 0 radical (unpaired) electrons. The van der Waals surface area contributed by atoms with Crippen molar-refractivity contribution in [2.75, 3.05) is 0 Å². The third kappa shape index (κ3) is 4.30. The molecule has 3 N–H and O–H groups in total. The molecule has 0 heterocycles. The number of halogens is 1. The summed E-state index contributed by atoms with van der Waals surface area (Å²) in [7, 11) is 0. The lowest BCUT2D eigenvalue weighted by Crippen LogP contribution is -1.88. The normalized spacial score (nSPS) is 8.92. The maximum Gasteiger partial charge on any atom is -0.0219 e. The third-order valence-corrected chi connectivity index (χ3v) is 2.03. The van der Waals surface area contributed by atoms with Gasteiger partial charge in [0.15, 0.2) is 0 Å². The van der Waals surface area contributed by atoms with Crippen LogP contribution < -0.4 is 6.15 Å². The zero-order valence-electron chi connectivity index (χ0n) is 8.71. The van der Waals surface area contributed by atoms with Gasteiger partial charge in [-0.15, -0.1) is 12.4 Å². The van der Waals surface area contributed by atoms with E-state index >= 15 is 0 Å². The molecule has 76 valence electrons. The summed E-state index contributed by atoms with van der Waals surface area (Å²) in [6.07, 6.45) is 1.14. The van der Waals surface area contributed by atoms with Crippen LogP contribution in [0.2, 0.25) is 0 Å². The Hall–Kier alpha value is -0.530. The van der Waals surface area contributed by atoms with Crippen molar-refractivity contribution in [1.29, 1.82) is 0 Å². The second-order valence-electron chi connectivity index (χ2n) is 3.25. The maximum atomic E-state index is 2.30. The summed E-state index contributed by atoms with van der Waals surface area (Å²) in [6.45, 7) is 6.66. The zero-order chi connectivity index (χ0) is 8.27. The van der Waals surface area contributed by atoms with Crippen LogP contribution in [0, 0.1) is 0 Å². The quantitative estimate of drug-likeness (QED) is 0.773. The van der Waals surface area contributed by atoms with Crippen molar-refractivity contribution < 1.29 is 0 Å². The fourth-order valence-corrected chi connectivity index (χ4v) is 1.17. The molecule has 1 rings (SSSR count). The molecular weight excluding hydrogens is 182 g/mol. The van der Waals surface area contributed by atoms with Gasteiger partial charge in [0.2, 0.25) is 0 Å². The number of rotatable bonds is 2. The first-order valence-corrected chi connectivity index (χ1v) is 4.33. The molecule has 0 aliphatic rings. The molecule has 1 nitrogen and oxygen atoms in total. The second kappa shape index (κ2) is 6.93. The van der Waals surface area contributed by atoms with E-state index in [-0.39, 0.29) is 18.6 Å². The molecule has 0 aliphatic heterocycles. The Morgan fingerprint density at radius 3 is 2.31 bits per heavy atom. The Kier molecular flexibility index (Phi) is 7.98. The summed E-state index contributed by atoms with van der Waals surface area (Å²) < 4.78 is 0. The van der Waals surface area contributed by atoms with E-state index in [1.807, 2.05) is 0 Å². The lowest BCUT2D eigenvalue weighted by Gasteiger charge is -2.05. The van der Waals surface area contributed by atoms with Crippen LogP contribution in [-0.4, -0.2) is 0 Å². The first kappa shape index (κ1) is 15.0. The Morgan fingerprint density at radius 2 is 1.85 bits per heavy atom. The van der Waals surface area contributed by atoms with Crippen LogP contribution in [0.1, 0.15) is 37.8 Å². The molecule has 0 aromatic heterocycles. The minimum Gasteiger partial charge on any atom is -0.344 e. The molecule has 2 heteroatoms. The highest BCUT2D eigenvalue weighted by atomic mass is 35.5. The fourth-order valence-electron chi connectivity index (χ4n) is 1.17. The Balaban J connectivity index is 0. The van der Waals surface area contributed by atoms with E-state index in [1.165, 1.54) is 11.1 Å². The van der Waals surface area contributed by atoms with E-state index in [0.29, 0.717) is 5.92 Å². The molecular formula is C11H20ClN. The van der Waals surface area contributed by atoms with Gasteiger partial charge in [0.25, 0.3) is 0 Å². The Morgan fingerprint density at radius 1 is 1.23 bits per heavy atom. The van der Waals surface area contributed by atoms with Crippen molar-refractivity contribution in [3.8, 4) is 0 Å². The Bertz CT molecular complexity index is 233. The highest BCUT2D eigenvalue weighted by molar-refractivity contribution is 5.85. The van der Waals surface area contributed by atoms with Crippen LogP contribution >= 0.6 is 12.4 Å². The summed E-state index contributed by atoms with van der Waals surface area (Å²) >= 11 is 0. The molecule has 0 spiro atoms. The summed E-state index contributed by atoms with van der Waals surface area (Å²) in [4.78, 5) is 0. The van der Waals surface area contributed by atoms with Crippen molar-refractivity contribution in [3.63, 3.8) is 0 Å². The number of benzene rings is 1. The van der Waals surface area contributed by atoms with Crippen LogP contribution in [0.25, 0.3) is 0 Å². The topological polar surface area (TPSA) is 35.0 Å². The van der Waals surface area contributed by atoms with Crippen LogP contribution in [0.15, 0.2) is 24.3 Å². The summed E-state index contributed by atoms with van der Waals surface area (Å²) in [5.41, 5.74) is 2.89. The first-order chi connectivity index (χ1) is 5.24. The van der Waals surface area contributed by atoms with Gasteiger partial charge in [0.1, 0.15) is 0 Å². The monoisotopic (exact) mass is 201 g/mol. The van der Waals surface area contributed by atoms with Gasteiger partial charge in [0, 0.05) is 0 Å². The molecule has 1 aromatic carbocycles. The number of hydrogen-bond donors (Lipinski definition) is 1. The summed E-state index contributed by atoms with van der Waals surface area (Å²) in [5, 5.41) is 0. The van der Waals surface area contributed by atoms with Crippen LogP contribution in [0.5, 0.6) is 0 Å². The molecule has 13 heavy (non-hydrogen) atoms. The fraction of sp³-hybridized carbons (Fsp3) is 0.455. The van der Waals surface area contributed by atoms with Gasteiger partial charge in [-0.05, 0) is 23.5 Å². The van der Waals surface area contributed by atoms with E-state index in [9.17, 15) is 0 Å². The standard InChI is InChI=1S/C11H16.ClH.H3N/c1-4-10-6-5-7-11(8-10)9(2)3;;/h5-9H,4H2,1-3H3;1H;1H3. The Labute approximate surface area is 87.5 Å². The smallest absolute Gasteiger partial charge is 0.0219 e. The van der Waals surface area contributed by atoms with Crippen LogP contribution in [0.4, 0.5) is 0 Å². The van der Waals surface area contributed by atoms with Crippen molar-refractivity contribution in [1.82, 2.24) is 6.15 Å². The minimum absolute atomic E-state index is 0. The minimum atomic E-state index is 0. The SMILES string of the molecule is CCc1cccc(C(C)C)c1.Cl.N. The van der Waals surface area contributed by atoms with Crippen molar-refractivity contribution >= 4 is 12.4 Å². The molecule has 1 aromatic rings. The van der Waals surface area contributed by atoms with Gasteiger partial charge in [-0.3, -0.25) is 0 Å². The molecule has 0 amide bonds. The predicted molar refractivity (Wildman–Crippen MR) is 62.2 cm³/mol. The van der Waals surface area contributed by atoms with Gasteiger partial charge >= 0.3 is 0 Å². The van der Waals surface area contributed by atoms with Gasteiger partial charge in [-0.25, -0.2) is 0 Å². The number of aryl methyl sites for hydroxylation is 1. The molecule has 0 aliphatic carbocycles. The summed E-state index contributed by atoms with van der Waals surface area (Å²) in [5.74, 6) is 0.654. The predicted octanol–water partition coefficient (Wildman–Crippen LogP) is 3.96. The molecule has 0 saturated heterocycles. The van der Waals surface area contributed by atoms with E-state index in [2.05, 4.69) is 45.0 Å². The molecule has 0 fully saturated rings. The largest absolute Gasteiger partial charge is 0.344 e.